The first-order valence-corrected chi connectivity index (χ1v) is 7.88. The molecule has 21 heavy (non-hydrogen) atoms. The molecule has 0 saturated heterocycles. The zero-order valence-electron chi connectivity index (χ0n) is 12.0. The third kappa shape index (κ3) is 4.44. The maximum Gasteiger partial charge on any atom is 0.228 e. The van der Waals surface area contributed by atoms with Crippen LogP contribution in [0.4, 0.5) is 5.13 Å². The van der Waals surface area contributed by atoms with Crippen LogP contribution in [0.5, 0.6) is 5.75 Å². The van der Waals surface area contributed by atoms with Crippen LogP contribution in [0.25, 0.3) is 0 Å². The zero-order valence-corrected chi connectivity index (χ0v) is 13.6. The van der Waals surface area contributed by atoms with Crippen LogP contribution in [0.1, 0.15) is 18.4 Å². The minimum Gasteiger partial charge on any atom is -0.493 e. The van der Waals surface area contributed by atoms with E-state index in [0.717, 1.165) is 16.4 Å². The number of ether oxygens (including phenoxy) is 1. The van der Waals surface area contributed by atoms with E-state index < -0.39 is 0 Å². The third-order valence-corrected chi connectivity index (χ3v) is 4.09. The summed E-state index contributed by atoms with van der Waals surface area (Å²) in [5.41, 5.74) is 0.994. The van der Waals surface area contributed by atoms with Crippen molar-refractivity contribution in [3.63, 3.8) is 0 Å². The van der Waals surface area contributed by atoms with Crippen molar-refractivity contribution in [3.8, 4) is 5.75 Å². The first kappa shape index (κ1) is 15.8. The molecule has 0 bridgehead atoms. The molecule has 0 unspecified atom stereocenters. The molecule has 0 atom stereocenters. The van der Waals surface area contributed by atoms with Gasteiger partial charge in [-0.15, -0.1) is 11.3 Å². The summed E-state index contributed by atoms with van der Waals surface area (Å²) in [5, 5.41) is 3.26. The van der Waals surface area contributed by atoms with Crippen LogP contribution in [0, 0.1) is 6.92 Å². The number of aromatic nitrogens is 1. The summed E-state index contributed by atoms with van der Waals surface area (Å²) in [6.45, 7) is 2.45. The maximum absolute atomic E-state index is 12.0. The zero-order chi connectivity index (χ0) is 15.2. The third-order valence-electron chi connectivity index (χ3n) is 3.01. The maximum atomic E-state index is 12.0. The summed E-state index contributed by atoms with van der Waals surface area (Å²) < 4.78 is 5.67. The molecule has 0 aliphatic heterocycles. The second-order valence-electron chi connectivity index (χ2n) is 4.63. The lowest BCUT2D eigenvalue weighted by Gasteiger charge is -2.14. The molecule has 112 valence electrons. The lowest BCUT2D eigenvalue weighted by molar-refractivity contribution is -0.118. The van der Waals surface area contributed by atoms with Crippen LogP contribution in [-0.4, -0.2) is 24.5 Å². The highest BCUT2D eigenvalue weighted by Crippen LogP contribution is 2.22. The Kier molecular flexibility index (Phi) is 5.59. The fraction of sp³-hybridized carbons (Fsp3) is 0.333. The largest absolute Gasteiger partial charge is 0.493 e. The Labute approximate surface area is 133 Å². The summed E-state index contributed by atoms with van der Waals surface area (Å²) in [7, 11) is 1.74. The fourth-order valence-corrected chi connectivity index (χ4v) is 2.69. The Morgan fingerprint density at radius 2 is 2.29 bits per heavy atom. The van der Waals surface area contributed by atoms with E-state index in [9.17, 15) is 4.79 Å². The van der Waals surface area contributed by atoms with Crippen molar-refractivity contribution in [1.82, 2.24) is 4.98 Å². The number of nitrogens with zero attached hydrogens (tertiary/aromatic N) is 2. The number of thiazole rings is 1. The van der Waals surface area contributed by atoms with Gasteiger partial charge in [0.2, 0.25) is 5.91 Å². The molecule has 0 aliphatic carbocycles. The van der Waals surface area contributed by atoms with E-state index >= 15 is 0 Å². The number of benzene rings is 1. The van der Waals surface area contributed by atoms with Gasteiger partial charge in [-0.1, -0.05) is 11.6 Å². The SMILES string of the molecule is Cc1cc(Cl)ccc1OCCCC(=O)N(C)c1nccs1. The highest BCUT2D eigenvalue weighted by atomic mass is 35.5. The second-order valence-corrected chi connectivity index (χ2v) is 5.94. The van der Waals surface area contributed by atoms with Gasteiger partial charge in [-0.2, -0.15) is 0 Å². The van der Waals surface area contributed by atoms with Gasteiger partial charge in [0.1, 0.15) is 5.75 Å². The van der Waals surface area contributed by atoms with Crippen LogP contribution in [0.15, 0.2) is 29.8 Å². The minimum atomic E-state index is 0.0429. The summed E-state index contributed by atoms with van der Waals surface area (Å²) in [5.74, 6) is 0.849. The molecular weight excluding hydrogens is 308 g/mol. The van der Waals surface area contributed by atoms with Gasteiger partial charge >= 0.3 is 0 Å². The number of aryl methyl sites for hydroxylation is 1. The molecule has 0 radical (unpaired) electrons. The lowest BCUT2D eigenvalue weighted by Crippen LogP contribution is -2.26. The second kappa shape index (κ2) is 7.43. The van der Waals surface area contributed by atoms with Gasteiger partial charge in [-0.05, 0) is 37.1 Å². The van der Waals surface area contributed by atoms with Crippen LogP contribution in [0.3, 0.4) is 0 Å². The summed E-state index contributed by atoms with van der Waals surface area (Å²) >= 11 is 7.34. The highest BCUT2D eigenvalue weighted by Gasteiger charge is 2.12. The van der Waals surface area contributed by atoms with Crippen LogP contribution in [0.2, 0.25) is 5.02 Å². The van der Waals surface area contributed by atoms with Gasteiger partial charge in [0.15, 0.2) is 5.13 Å². The molecular formula is C15H17ClN2O2S. The van der Waals surface area contributed by atoms with Crippen molar-refractivity contribution in [2.24, 2.45) is 0 Å². The van der Waals surface area contributed by atoms with Gasteiger partial charge in [0.25, 0.3) is 0 Å². The quantitative estimate of drug-likeness (QED) is 0.756. The van der Waals surface area contributed by atoms with Crippen LogP contribution < -0.4 is 9.64 Å². The number of rotatable bonds is 6. The van der Waals surface area contributed by atoms with Gasteiger partial charge in [-0.25, -0.2) is 4.98 Å². The number of hydrogen-bond acceptors (Lipinski definition) is 4. The van der Waals surface area contributed by atoms with Gasteiger partial charge < -0.3 is 4.74 Å². The van der Waals surface area contributed by atoms with Crippen LogP contribution >= 0.6 is 22.9 Å². The molecule has 0 fully saturated rings. The number of amides is 1. The Hall–Kier alpha value is -1.59. The Bertz CT molecular complexity index is 602. The van der Waals surface area contributed by atoms with Crippen molar-refractivity contribution < 1.29 is 9.53 Å². The monoisotopic (exact) mass is 324 g/mol. The fourth-order valence-electron chi connectivity index (χ4n) is 1.84. The van der Waals surface area contributed by atoms with E-state index in [1.807, 2.05) is 24.4 Å². The summed E-state index contributed by atoms with van der Waals surface area (Å²) in [6, 6.07) is 5.50. The predicted molar refractivity (Wildman–Crippen MR) is 86.4 cm³/mol. The normalized spacial score (nSPS) is 10.4. The molecule has 0 saturated carbocycles. The van der Waals surface area contributed by atoms with Crippen molar-refractivity contribution in [2.45, 2.75) is 19.8 Å². The number of halogens is 1. The van der Waals surface area contributed by atoms with E-state index in [2.05, 4.69) is 4.98 Å². The standard InChI is InChI=1S/C15H17ClN2O2S/c1-11-10-12(16)5-6-13(11)20-8-3-4-14(19)18(2)15-17-7-9-21-15/h5-7,9-10H,3-4,8H2,1-2H3. The topological polar surface area (TPSA) is 42.4 Å². The average Bonchev–Trinajstić information content (AvgIpc) is 2.98. The first-order chi connectivity index (χ1) is 10.1. The van der Waals surface area contributed by atoms with E-state index in [1.54, 1.807) is 24.2 Å². The number of anilines is 1. The molecule has 2 aromatic rings. The smallest absolute Gasteiger partial charge is 0.228 e. The molecule has 0 aliphatic rings. The summed E-state index contributed by atoms with van der Waals surface area (Å²) in [6.07, 6.45) is 2.79. The highest BCUT2D eigenvalue weighted by molar-refractivity contribution is 7.13. The van der Waals surface area contributed by atoms with E-state index in [4.69, 9.17) is 16.3 Å². The number of carbonyl (C=O) groups is 1. The molecule has 1 heterocycles. The van der Waals surface area contributed by atoms with Gasteiger partial charge in [0, 0.05) is 30.1 Å². The van der Waals surface area contributed by atoms with Crippen LogP contribution in [-0.2, 0) is 4.79 Å². The van der Waals surface area contributed by atoms with E-state index in [-0.39, 0.29) is 5.91 Å². The molecule has 1 amide bonds. The number of carbonyl (C=O) groups excluding carboxylic acids is 1. The average molecular weight is 325 g/mol. The van der Waals surface area contributed by atoms with Crippen molar-refractivity contribution in [1.29, 1.82) is 0 Å². The molecule has 4 nitrogen and oxygen atoms in total. The van der Waals surface area contributed by atoms with Crippen molar-refractivity contribution >= 4 is 34.0 Å². The Morgan fingerprint density at radius 1 is 1.48 bits per heavy atom. The Balaban J connectivity index is 1.75. The first-order valence-electron chi connectivity index (χ1n) is 6.63. The predicted octanol–water partition coefficient (Wildman–Crippen LogP) is 3.93. The van der Waals surface area contributed by atoms with Gasteiger partial charge in [0.05, 0.1) is 6.61 Å². The van der Waals surface area contributed by atoms with Gasteiger partial charge in [-0.3, -0.25) is 9.69 Å². The van der Waals surface area contributed by atoms with E-state index in [1.165, 1.54) is 11.3 Å². The lowest BCUT2D eigenvalue weighted by atomic mass is 10.2. The molecule has 1 aromatic heterocycles. The Morgan fingerprint density at radius 3 is 2.95 bits per heavy atom. The molecule has 0 spiro atoms. The molecule has 6 heteroatoms. The van der Waals surface area contributed by atoms with E-state index in [0.29, 0.717) is 24.5 Å². The molecule has 2 rings (SSSR count). The summed E-state index contributed by atoms with van der Waals surface area (Å²) in [4.78, 5) is 17.7. The molecule has 0 N–H and O–H groups in total. The van der Waals surface area contributed by atoms with Crippen molar-refractivity contribution in [2.75, 3.05) is 18.6 Å². The number of hydrogen-bond donors (Lipinski definition) is 0. The molecule has 1 aromatic carbocycles. The van der Waals surface area contributed by atoms with Crippen molar-refractivity contribution in [3.05, 3.63) is 40.4 Å². The minimum absolute atomic E-state index is 0.0429.